The predicted octanol–water partition coefficient (Wildman–Crippen LogP) is 2.07. The molecule has 0 aliphatic rings. The van der Waals surface area contributed by atoms with E-state index in [0.29, 0.717) is 18.5 Å². The molecule has 0 fully saturated rings. The quantitative estimate of drug-likeness (QED) is 0.865. The number of carboxylic acids is 1. The van der Waals surface area contributed by atoms with Gasteiger partial charge in [0.25, 0.3) is 0 Å². The van der Waals surface area contributed by atoms with Crippen LogP contribution in [0.15, 0.2) is 18.2 Å². The van der Waals surface area contributed by atoms with Gasteiger partial charge in [-0.1, -0.05) is 13.0 Å². The van der Waals surface area contributed by atoms with Crippen LogP contribution in [0, 0.1) is 0 Å². The summed E-state index contributed by atoms with van der Waals surface area (Å²) < 4.78 is 1.99. The Kier molecular flexibility index (Phi) is 3.85. The molecule has 0 aliphatic heterocycles. The van der Waals surface area contributed by atoms with Gasteiger partial charge < -0.3 is 14.8 Å². The van der Waals surface area contributed by atoms with Crippen LogP contribution < -0.4 is 0 Å². The number of aliphatic hydroxyl groups is 1. The molecule has 5 nitrogen and oxygen atoms in total. The Morgan fingerprint density at radius 3 is 2.79 bits per heavy atom. The van der Waals surface area contributed by atoms with Gasteiger partial charge in [-0.3, -0.25) is 0 Å². The molecule has 0 spiro atoms. The molecule has 1 aromatic carbocycles. The van der Waals surface area contributed by atoms with Gasteiger partial charge >= 0.3 is 5.97 Å². The number of benzene rings is 1. The van der Waals surface area contributed by atoms with Crippen molar-refractivity contribution in [2.24, 2.45) is 0 Å². The van der Waals surface area contributed by atoms with Crippen LogP contribution in [0.25, 0.3) is 11.0 Å². The van der Waals surface area contributed by atoms with E-state index in [1.54, 1.807) is 19.1 Å². The summed E-state index contributed by atoms with van der Waals surface area (Å²) in [6.07, 6.45) is 0.966. The Labute approximate surface area is 111 Å². The number of hydrogen-bond donors (Lipinski definition) is 2. The van der Waals surface area contributed by atoms with Gasteiger partial charge in [0.05, 0.1) is 17.2 Å². The van der Waals surface area contributed by atoms with Crippen molar-refractivity contribution in [2.75, 3.05) is 0 Å². The molecule has 1 unspecified atom stereocenters. The lowest BCUT2D eigenvalue weighted by Crippen LogP contribution is -2.09. The lowest BCUT2D eigenvalue weighted by molar-refractivity contribution is 0.0699. The highest BCUT2D eigenvalue weighted by molar-refractivity contribution is 6.01. The SMILES string of the molecule is CCc1nc2c(C(=O)O)cccc2n1CCC(C)O. The number of carboxylic acid groups (broad SMARTS) is 1. The lowest BCUT2D eigenvalue weighted by Gasteiger charge is -2.09. The van der Waals surface area contributed by atoms with Crippen molar-refractivity contribution in [2.45, 2.75) is 39.3 Å². The molecular formula is C14H18N2O3. The summed E-state index contributed by atoms with van der Waals surface area (Å²) in [6, 6.07) is 5.16. The normalized spacial score (nSPS) is 12.8. The first-order valence-electron chi connectivity index (χ1n) is 6.44. The van der Waals surface area contributed by atoms with E-state index in [9.17, 15) is 15.0 Å². The number of hydrogen-bond acceptors (Lipinski definition) is 3. The number of aliphatic hydroxyl groups excluding tert-OH is 1. The zero-order valence-corrected chi connectivity index (χ0v) is 11.1. The Balaban J connectivity index is 2.55. The third-order valence-corrected chi connectivity index (χ3v) is 3.18. The van der Waals surface area contributed by atoms with E-state index < -0.39 is 5.97 Å². The summed E-state index contributed by atoms with van der Waals surface area (Å²) in [5.74, 6) is -0.113. The fraction of sp³-hybridized carbons (Fsp3) is 0.429. The monoisotopic (exact) mass is 262 g/mol. The van der Waals surface area contributed by atoms with Crippen LogP contribution in [0.4, 0.5) is 0 Å². The van der Waals surface area contributed by atoms with Crippen LogP contribution in [0.5, 0.6) is 0 Å². The van der Waals surface area contributed by atoms with Crippen molar-refractivity contribution in [1.82, 2.24) is 9.55 Å². The maximum atomic E-state index is 11.2. The van der Waals surface area contributed by atoms with Crippen LogP contribution in [-0.2, 0) is 13.0 Å². The minimum absolute atomic E-state index is 0.225. The van der Waals surface area contributed by atoms with Gasteiger partial charge in [-0.15, -0.1) is 0 Å². The van der Waals surface area contributed by atoms with Crippen molar-refractivity contribution in [1.29, 1.82) is 0 Å². The number of nitrogens with zero attached hydrogens (tertiary/aromatic N) is 2. The molecule has 1 aromatic heterocycles. The van der Waals surface area contributed by atoms with Crippen molar-refractivity contribution in [3.05, 3.63) is 29.6 Å². The Morgan fingerprint density at radius 2 is 2.21 bits per heavy atom. The molecule has 102 valence electrons. The molecule has 0 bridgehead atoms. The molecule has 2 N–H and O–H groups in total. The third-order valence-electron chi connectivity index (χ3n) is 3.18. The van der Waals surface area contributed by atoms with Gasteiger partial charge in [0, 0.05) is 13.0 Å². The number of carbonyl (C=O) groups is 1. The van der Waals surface area contributed by atoms with Gasteiger partial charge in [0.1, 0.15) is 11.3 Å². The summed E-state index contributed by atoms with van der Waals surface area (Å²) >= 11 is 0. The van der Waals surface area contributed by atoms with Gasteiger partial charge in [-0.2, -0.15) is 0 Å². The van der Waals surface area contributed by atoms with Gasteiger partial charge in [0.15, 0.2) is 0 Å². The molecular weight excluding hydrogens is 244 g/mol. The van der Waals surface area contributed by atoms with E-state index in [4.69, 9.17) is 0 Å². The highest BCUT2D eigenvalue weighted by Crippen LogP contribution is 2.21. The van der Waals surface area contributed by atoms with Crippen LogP contribution in [0.2, 0.25) is 0 Å². The smallest absolute Gasteiger partial charge is 0.337 e. The Bertz CT molecular complexity index is 602. The average Bonchev–Trinajstić information content (AvgIpc) is 2.73. The summed E-state index contributed by atoms with van der Waals surface area (Å²) in [6.45, 7) is 4.37. The summed E-state index contributed by atoms with van der Waals surface area (Å²) in [5.41, 5.74) is 1.57. The molecule has 19 heavy (non-hydrogen) atoms. The fourth-order valence-electron chi connectivity index (χ4n) is 2.20. The highest BCUT2D eigenvalue weighted by Gasteiger charge is 2.16. The number of aryl methyl sites for hydroxylation is 2. The van der Waals surface area contributed by atoms with Crippen molar-refractivity contribution in [3.63, 3.8) is 0 Å². The first-order valence-corrected chi connectivity index (χ1v) is 6.44. The van der Waals surface area contributed by atoms with E-state index in [1.165, 1.54) is 0 Å². The van der Waals surface area contributed by atoms with Crippen molar-refractivity contribution >= 4 is 17.0 Å². The zero-order chi connectivity index (χ0) is 14.0. The van der Waals surface area contributed by atoms with E-state index in [0.717, 1.165) is 17.8 Å². The molecule has 5 heteroatoms. The third kappa shape index (κ3) is 2.61. The molecule has 2 aromatic rings. The largest absolute Gasteiger partial charge is 0.478 e. The Hall–Kier alpha value is -1.88. The van der Waals surface area contributed by atoms with Crippen LogP contribution in [-0.4, -0.2) is 31.8 Å². The predicted molar refractivity (Wildman–Crippen MR) is 72.4 cm³/mol. The second-order valence-corrected chi connectivity index (χ2v) is 4.65. The number of aromatic nitrogens is 2. The first kappa shape index (κ1) is 13.5. The number of para-hydroxylation sites is 1. The minimum atomic E-state index is -0.964. The van der Waals surface area contributed by atoms with Gasteiger partial charge in [-0.25, -0.2) is 9.78 Å². The number of rotatable bonds is 5. The molecule has 0 radical (unpaired) electrons. The van der Waals surface area contributed by atoms with Crippen LogP contribution in [0.1, 0.15) is 36.5 Å². The van der Waals surface area contributed by atoms with Gasteiger partial charge in [0.2, 0.25) is 0 Å². The molecule has 0 amide bonds. The van der Waals surface area contributed by atoms with E-state index >= 15 is 0 Å². The highest BCUT2D eigenvalue weighted by atomic mass is 16.4. The zero-order valence-electron chi connectivity index (χ0n) is 11.1. The first-order chi connectivity index (χ1) is 9.04. The lowest BCUT2D eigenvalue weighted by atomic mass is 10.2. The second-order valence-electron chi connectivity index (χ2n) is 4.65. The molecule has 2 rings (SSSR count). The van der Waals surface area contributed by atoms with Gasteiger partial charge in [-0.05, 0) is 25.5 Å². The van der Waals surface area contributed by atoms with Crippen molar-refractivity contribution < 1.29 is 15.0 Å². The summed E-state index contributed by atoms with van der Waals surface area (Å²) in [7, 11) is 0. The average molecular weight is 262 g/mol. The maximum absolute atomic E-state index is 11.2. The Morgan fingerprint density at radius 1 is 1.47 bits per heavy atom. The molecule has 1 atom stereocenters. The standard InChI is InChI=1S/C14H18N2O3/c1-3-12-15-13-10(14(18)19)5-4-6-11(13)16(12)8-7-9(2)17/h4-6,9,17H,3,7-8H2,1-2H3,(H,18,19). The molecule has 0 aliphatic carbocycles. The number of imidazole rings is 1. The topological polar surface area (TPSA) is 75.3 Å². The van der Waals surface area contributed by atoms with Crippen LogP contribution >= 0.6 is 0 Å². The van der Waals surface area contributed by atoms with E-state index in [-0.39, 0.29) is 11.7 Å². The molecule has 0 saturated heterocycles. The number of fused-ring (bicyclic) bond motifs is 1. The number of aromatic carboxylic acids is 1. The second kappa shape index (κ2) is 5.40. The molecule has 0 saturated carbocycles. The maximum Gasteiger partial charge on any atom is 0.337 e. The van der Waals surface area contributed by atoms with E-state index in [1.807, 2.05) is 17.6 Å². The molecule has 1 heterocycles. The minimum Gasteiger partial charge on any atom is -0.478 e. The van der Waals surface area contributed by atoms with Crippen molar-refractivity contribution in [3.8, 4) is 0 Å². The summed E-state index contributed by atoms with van der Waals surface area (Å²) in [5, 5.41) is 18.6. The van der Waals surface area contributed by atoms with Crippen LogP contribution in [0.3, 0.4) is 0 Å². The summed E-state index contributed by atoms with van der Waals surface area (Å²) in [4.78, 5) is 15.6. The van der Waals surface area contributed by atoms with E-state index in [2.05, 4.69) is 4.98 Å². The fourth-order valence-corrected chi connectivity index (χ4v) is 2.20.